The van der Waals surface area contributed by atoms with Gasteiger partial charge < -0.3 is 0 Å². The van der Waals surface area contributed by atoms with Crippen LogP contribution in [0.2, 0.25) is 0 Å². The second-order valence-electron chi connectivity index (χ2n) is 12.9. The Balaban J connectivity index is 0.000000239. The number of carbonyl (C=O) groups excluding carboxylic acids is 2. The average Bonchev–Trinajstić information content (AvgIpc) is 2.86. The predicted molar refractivity (Wildman–Crippen MR) is 166 cm³/mol. The summed E-state index contributed by atoms with van der Waals surface area (Å²) in [5.74, 6) is 1.93. The van der Waals surface area contributed by atoms with Crippen LogP contribution in [0.3, 0.4) is 0 Å². The number of hydrogen-bond donors (Lipinski definition) is 0. The number of carbonyl (C=O) groups is 2. The van der Waals surface area contributed by atoms with Gasteiger partial charge in [-0.1, -0.05) is 75.3 Å². The number of Topliss-reactive ketones (excluding diaryl/α,β-unsaturated/α-hetero) is 2. The first-order valence-electron chi connectivity index (χ1n) is 15.8. The summed E-state index contributed by atoms with van der Waals surface area (Å²) in [4.78, 5) is 20.9. The maximum Gasteiger partial charge on any atom is 0.140 e. The molecule has 0 aliphatic heterocycles. The lowest BCUT2D eigenvalue weighted by Crippen LogP contribution is -2.13. The Morgan fingerprint density at radius 2 is 1.24 bits per heavy atom. The zero-order valence-electron chi connectivity index (χ0n) is 26.0. The van der Waals surface area contributed by atoms with Crippen LogP contribution >= 0.6 is 0 Å². The summed E-state index contributed by atoms with van der Waals surface area (Å²) in [5.41, 5.74) is 3.65. The van der Waals surface area contributed by atoms with E-state index in [-0.39, 0.29) is 18.0 Å². The molecule has 0 radical (unpaired) electrons. The number of rotatable bonds is 0. The molecule has 0 amide bonds. The van der Waals surface area contributed by atoms with Crippen LogP contribution in [0.5, 0.6) is 0 Å². The molecule has 0 aromatic carbocycles. The molecule has 216 valence electrons. The van der Waals surface area contributed by atoms with Crippen molar-refractivity contribution >= 4 is 11.6 Å². The summed E-state index contributed by atoms with van der Waals surface area (Å²) >= 11 is 0. The van der Waals surface area contributed by atoms with E-state index in [1.807, 2.05) is 0 Å². The largest absolute Gasteiger partial charge is 0.299 e. The van der Waals surface area contributed by atoms with Crippen molar-refractivity contribution in [1.29, 1.82) is 0 Å². The van der Waals surface area contributed by atoms with Crippen LogP contribution in [-0.4, -0.2) is 11.6 Å². The van der Waals surface area contributed by atoms with Crippen molar-refractivity contribution in [2.45, 2.75) is 151 Å². The minimum atomic E-state index is 0.112. The van der Waals surface area contributed by atoms with Gasteiger partial charge in [-0.05, 0) is 121 Å². The average molecular weight is 525 g/mol. The molecular weight excluding hydrogens is 464 g/mol. The van der Waals surface area contributed by atoms with Crippen LogP contribution in [-0.2, 0) is 9.59 Å². The van der Waals surface area contributed by atoms with Gasteiger partial charge >= 0.3 is 0 Å². The third-order valence-corrected chi connectivity index (χ3v) is 7.79. The zero-order valence-corrected chi connectivity index (χ0v) is 26.0. The van der Waals surface area contributed by atoms with Gasteiger partial charge in [0.15, 0.2) is 0 Å². The smallest absolute Gasteiger partial charge is 0.140 e. The molecule has 1 fully saturated rings. The van der Waals surface area contributed by atoms with Crippen LogP contribution < -0.4 is 0 Å². The lowest BCUT2D eigenvalue weighted by atomic mass is 9.80. The van der Waals surface area contributed by atoms with Gasteiger partial charge in [0.2, 0.25) is 0 Å². The van der Waals surface area contributed by atoms with Crippen molar-refractivity contribution in [3.63, 3.8) is 0 Å². The first-order valence-corrected chi connectivity index (χ1v) is 15.8. The molecule has 5 aliphatic carbocycles. The van der Waals surface area contributed by atoms with Crippen molar-refractivity contribution in [2.24, 2.45) is 17.3 Å². The maximum absolute atomic E-state index is 10.5. The van der Waals surface area contributed by atoms with Crippen molar-refractivity contribution < 1.29 is 9.59 Å². The fourth-order valence-electron chi connectivity index (χ4n) is 5.61. The van der Waals surface area contributed by atoms with E-state index in [1.165, 1.54) is 83.5 Å². The molecule has 2 atom stereocenters. The van der Waals surface area contributed by atoms with Crippen molar-refractivity contribution in [2.75, 3.05) is 0 Å². The molecule has 0 aromatic heterocycles. The molecular formula is C36H60O2. The van der Waals surface area contributed by atoms with Crippen LogP contribution in [0.25, 0.3) is 0 Å². The van der Waals surface area contributed by atoms with E-state index in [0.29, 0.717) is 18.3 Å². The molecule has 2 unspecified atom stereocenters. The highest BCUT2D eigenvalue weighted by Crippen LogP contribution is 2.32. The van der Waals surface area contributed by atoms with E-state index < -0.39 is 0 Å². The first kappa shape index (κ1) is 34.3. The summed E-state index contributed by atoms with van der Waals surface area (Å²) < 4.78 is 0. The minimum absolute atomic E-state index is 0.112. The summed E-state index contributed by atoms with van der Waals surface area (Å²) in [6.07, 6.45) is 33.9. The van der Waals surface area contributed by atoms with Gasteiger partial charge in [0.1, 0.15) is 11.6 Å². The normalized spacial score (nSPS) is 25.8. The SMILES string of the molecule is C1=CCCCC1.CC1=CC(C)(C)CCC1.CC1=CC(C)CCC1.CC1C=CCCC1.O=C1CCCC(=O)C1. The van der Waals surface area contributed by atoms with Crippen molar-refractivity contribution in [3.05, 3.63) is 47.6 Å². The molecule has 5 aliphatic rings. The summed E-state index contributed by atoms with van der Waals surface area (Å²) in [6.45, 7) is 13.7. The van der Waals surface area contributed by atoms with Gasteiger partial charge in [-0.25, -0.2) is 0 Å². The molecule has 1 saturated carbocycles. The Morgan fingerprint density at radius 1 is 0.658 bits per heavy atom. The standard InChI is InChI=1S/C9H16.C8H14.C7H12.C6H8O2.C6H10/c1-8-5-4-6-9(2,3)7-8;1-7-4-3-5-8(2)6-7;1-7-5-3-2-4-6-7;7-5-2-1-3-6(8)4-5;1-2-4-6-5-3-1/h7H,4-6H2,1-3H3;6-7H,3-5H2,1-2H3;3,5,7H,2,4,6H2,1H3;1-4H2;1-2H,3-6H2. The molecule has 5 rings (SSSR count). The van der Waals surface area contributed by atoms with Gasteiger partial charge in [0.25, 0.3) is 0 Å². The molecule has 0 heterocycles. The second-order valence-corrected chi connectivity index (χ2v) is 12.9. The topological polar surface area (TPSA) is 34.1 Å². The first-order chi connectivity index (χ1) is 18.1. The van der Waals surface area contributed by atoms with Gasteiger partial charge in [0.05, 0.1) is 6.42 Å². The zero-order chi connectivity index (χ0) is 28.2. The fourth-order valence-corrected chi connectivity index (χ4v) is 5.61. The van der Waals surface area contributed by atoms with E-state index >= 15 is 0 Å². The number of allylic oxidation sites excluding steroid dienone is 8. The molecule has 0 spiro atoms. The second kappa shape index (κ2) is 20.2. The Hall–Kier alpha value is -1.70. The highest BCUT2D eigenvalue weighted by atomic mass is 16.1. The van der Waals surface area contributed by atoms with Crippen LogP contribution in [0, 0.1) is 17.3 Å². The molecule has 0 aromatic rings. The molecule has 0 N–H and O–H groups in total. The summed E-state index contributed by atoms with van der Waals surface area (Å²) in [6, 6.07) is 0. The van der Waals surface area contributed by atoms with E-state index in [9.17, 15) is 9.59 Å². The Morgan fingerprint density at radius 3 is 1.53 bits per heavy atom. The highest BCUT2D eigenvalue weighted by molar-refractivity contribution is 6.01. The monoisotopic (exact) mass is 524 g/mol. The predicted octanol–water partition coefficient (Wildman–Crippen LogP) is 11.1. The minimum Gasteiger partial charge on any atom is -0.299 e. The van der Waals surface area contributed by atoms with Gasteiger partial charge in [-0.15, -0.1) is 0 Å². The van der Waals surface area contributed by atoms with Gasteiger partial charge in [-0.2, -0.15) is 0 Å². The highest BCUT2D eigenvalue weighted by Gasteiger charge is 2.18. The molecule has 38 heavy (non-hydrogen) atoms. The maximum atomic E-state index is 10.5. The van der Waals surface area contributed by atoms with Crippen molar-refractivity contribution in [1.82, 2.24) is 0 Å². The fraction of sp³-hybridized carbons (Fsp3) is 0.722. The lowest BCUT2D eigenvalue weighted by Gasteiger charge is -2.25. The summed E-state index contributed by atoms with van der Waals surface area (Å²) in [5, 5.41) is 0. The Bertz CT molecular complexity index is 770. The van der Waals surface area contributed by atoms with Gasteiger partial charge in [0, 0.05) is 12.8 Å². The summed E-state index contributed by atoms with van der Waals surface area (Å²) in [7, 11) is 0. The quantitative estimate of drug-likeness (QED) is 0.233. The van der Waals surface area contributed by atoms with Crippen LogP contribution in [0.15, 0.2) is 47.6 Å². The molecule has 0 saturated heterocycles. The van der Waals surface area contributed by atoms with E-state index in [0.717, 1.165) is 18.3 Å². The molecule has 2 nitrogen and oxygen atoms in total. The third-order valence-electron chi connectivity index (χ3n) is 7.79. The Kier molecular flexibility index (Phi) is 18.3. The molecule has 0 bridgehead atoms. The van der Waals surface area contributed by atoms with E-state index in [1.54, 1.807) is 11.1 Å². The molecule has 2 heteroatoms. The van der Waals surface area contributed by atoms with E-state index in [4.69, 9.17) is 0 Å². The number of ketones is 2. The number of hydrogen-bond acceptors (Lipinski definition) is 2. The van der Waals surface area contributed by atoms with Gasteiger partial charge in [-0.3, -0.25) is 9.59 Å². The van der Waals surface area contributed by atoms with Crippen molar-refractivity contribution in [3.8, 4) is 0 Å². The van der Waals surface area contributed by atoms with E-state index in [2.05, 4.69) is 78.0 Å². The lowest BCUT2D eigenvalue weighted by molar-refractivity contribution is -0.129. The third kappa shape index (κ3) is 19.4. The van der Waals surface area contributed by atoms with Crippen LogP contribution in [0.4, 0.5) is 0 Å². The van der Waals surface area contributed by atoms with Crippen LogP contribution in [0.1, 0.15) is 151 Å². The Labute approximate surface area is 236 Å².